The second-order valence-electron chi connectivity index (χ2n) is 23.2. The van der Waals surface area contributed by atoms with Crippen molar-refractivity contribution < 1.29 is 126 Å². The molecule has 0 radical (unpaired) electrons. The molecule has 6 aromatic rings. The summed E-state index contributed by atoms with van der Waals surface area (Å²) in [5.74, 6) is 1.78. The normalized spacial score (nSPS) is 18.7. The van der Waals surface area contributed by atoms with Crippen molar-refractivity contribution >= 4 is 79.6 Å². The molecule has 22 nitrogen and oxygen atoms in total. The average Bonchev–Trinajstić information content (AvgIpc) is 0.739. The number of hydrogen-bond donors (Lipinski definition) is 2. The van der Waals surface area contributed by atoms with Crippen molar-refractivity contribution in [3.8, 4) is 34.5 Å². The summed E-state index contributed by atoms with van der Waals surface area (Å²) >= 11 is -2.24. The fourth-order valence-corrected chi connectivity index (χ4v) is 11.0. The van der Waals surface area contributed by atoms with Gasteiger partial charge in [0.2, 0.25) is 0 Å². The number of benzene rings is 3. The van der Waals surface area contributed by atoms with Crippen LogP contribution >= 0.6 is 16.9 Å². The SMILES string of the molecule is C.CCCc1cc(=O)oc2c(C(=O)CC)c(O)c3c(c12)OC(C)(C)C=C3.CCCc1cc(=O)oc2c3c(c4c(c12)OC(C)(C)C=C4)O[C@H](C)[C@@H](C)C3=O.CCCc1cc(=O)oc2c3c(c4c(c12)OC(C)(C)C=C4)O[C@H](C)[C@@H](C)[C@@H]3O.O.O.O.O.O.O.O.[Cl][Ce]([Cl])[Cl]. The molecular weight excluding hydrogens is 1380 g/mol. The molecule has 0 amide bonds. The summed E-state index contributed by atoms with van der Waals surface area (Å²) < 4.78 is 47.6. The number of aliphatic hydroxyl groups is 1. The van der Waals surface area contributed by atoms with Crippen LogP contribution in [0.4, 0.5) is 0 Å². The van der Waals surface area contributed by atoms with Crippen molar-refractivity contribution in [2.45, 2.75) is 184 Å². The Kier molecular flexibility index (Phi) is 31.6. The molecule has 0 aliphatic carbocycles. The van der Waals surface area contributed by atoms with E-state index in [0.717, 1.165) is 58.9 Å². The van der Waals surface area contributed by atoms with Crippen LogP contribution in [0, 0.1) is 42.5 Å². The van der Waals surface area contributed by atoms with Gasteiger partial charge in [-0.25, -0.2) is 14.4 Å². The first-order valence-corrected chi connectivity index (χ1v) is 40.1. The van der Waals surface area contributed by atoms with Crippen molar-refractivity contribution in [3.63, 3.8) is 0 Å². The first-order valence-electron chi connectivity index (χ1n) is 28.2. The van der Waals surface area contributed by atoms with Gasteiger partial charge in [-0.05, 0) is 128 Å². The molecule has 3 aromatic carbocycles. The third-order valence-corrected chi connectivity index (χ3v) is 15.4. The van der Waals surface area contributed by atoms with Gasteiger partial charge in [0.1, 0.15) is 74.6 Å². The molecule has 507 valence electrons. The molecule has 16 N–H and O–H groups in total. The predicted octanol–water partition coefficient (Wildman–Crippen LogP) is 10.1. The van der Waals surface area contributed by atoms with Crippen LogP contribution < -0.4 is 40.6 Å². The van der Waals surface area contributed by atoms with Crippen LogP contribution in [0.25, 0.3) is 51.1 Å². The van der Waals surface area contributed by atoms with Gasteiger partial charge in [0.25, 0.3) is 0 Å². The number of rotatable bonds is 8. The number of halogens is 3. The number of phenolic OH excluding ortho intramolecular Hbond substituents is 1. The number of ketones is 2. The molecule has 0 unspecified atom stereocenters. The number of carbonyl (C=O) groups excluding carboxylic acids is 2. The maximum atomic E-state index is 13.1. The first kappa shape index (κ1) is 85.6. The summed E-state index contributed by atoms with van der Waals surface area (Å²) in [7, 11) is 0. The zero-order chi connectivity index (χ0) is 60.9. The molecule has 0 saturated heterocycles. The van der Waals surface area contributed by atoms with Crippen molar-refractivity contribution in [2.24, 2.45) is 11.8 Å². The van der Waals surface area contributed by atoms with Gasteiger partial charge in [-0.15, -0.1) is 0 Å². The zero-order valence-electron chi connectivity index (χ0n) is 52.9. The summed E-state index contributed by atoms with van der Waals surface area (Å²) in [6, 6.07) is 4.49. The zero-order valence-corrected chi connectivity index (χ0v) is 58.3. The van der Waals surface area contributed by atoms with Crippen molar-refractivity contribution in [1.29, 1.82) is 0 Å². The number of hydrogen-bond acceptors (Lipinski definition) is 15. The molecular formula is C65H90CeCl3O22. The summed E-state index contributed by atoms with van der Waals surface area (Å²) in [6.07, 6.45) is 15.1. The monoisotopic (exact) mass is 1470 g/mol. The average molecular weight is 1470 g/mol. The van der Waals surface area contributed by atoms with Crippen LogP contribution in [0.1, 0.15) is 196 Å². The van der Waals surface area contributed by atoms with Crippen molar-refractivity contribution in [3.05, 3.63) is 118 Å². The number of carbonyl (C=O) groups is 2. The van der Waals surface area contributed by atoms with Gasteiger partial charge in [-0.2, -0.15) is 0 Å². The third-order valence-electron chi connectivity index (χ3n) is 15.4. The number of aryl methyl sites for hydroxylation is 3. The second kappa shape index (κ2) is 33.6. The molecule has 11 rings (SSSR count). The van der Waals surface area contributed by atoms with E-state index in [9.17, 15) is 34.2 Å². The van der Waals surface area contributed by atoms with E-state index < -0.39 is 70.5 Å². The number of aromatic hydroxyl groups is 1. The van der Waals surface area contributed by atoms with Gasteiger partial charge < -0.3 is 85.5 Å². The Labute approximate surface area is 549 Å². The quantitative estimate of drug-likeness (QED) is 0.106. The molecule has 91 heavy (non-hydrogen) atoms. The van der Waals surface area contributed by atoms with Crippen LogP contribution in [-0.2, 0) is 19.3 Å². The van der Waals surface area contributed by atoms with Crippen molar-refractivity contribution in [2.75, 3.05) is 0 Å². The molecule has 3 aromatic heterocycles. The Morgan fingerprint density at radius 3 is 1.31 bits per heavy atom. The number of phenols is 1. The predicted molar refractivity (Wildman–Crippen MR) is 354 cm³/mol. The molecule has 0 fully saturated rings. The molecule has 5 aliphatic rings. The number of ether oxygens (including phenoxy) is 5. The van der Waals surface area contributed by atoms with Crippen LogP contribution in [0.5, 0.6) is 34.5 Å². The van der Waals surface area contributed by atoms with Gasteiger partial charge in [0.05, 0.1) is 50.4 Å². The second-order valence-corrected chi connectivity index (χ2v) is 37.1. The Morgan fingerprint density at radius 2 is 0.890 bits per heavy atom. The van der Waals surface area contributed by atoms with E-state index in [0.29, 0.717) is 74.6 Å². The topological polar surface area (TPSA) is 432 Å². The van der Waals surface area contributed by atoms with Gasteiger partial charge >= 0.3 is 64.4 Å². The Morgan fingerprint density at radius 1 is 0.538 bits per heavy atom. The van der Waals surface area contributed by atoms with E-state index in [1.807, 2.05) is 113 Å². The van der Waals surface area contributed by atoms with Crippen LogP contribution in [0.2, 0.25) is 0 Å². The van der Waals surface area contributed by atoms with Gasteiger partial charge in [-0.1, -0.05) is 68.2 Å². The van der Waals surface area contributed by atoms with Crippen LogP contribution in [0.15, 0.2) is 64.1 Å². The summed E-state index contributed by atoms with van der Waals surface area (Å²) in [6.45, 7) is 27.1. The van der Waals surface area contributed by atoms with Crippen molar-refractivity contribution in [1.82, 2.24) is 0 Å². The molecule has 0 bridgehead atoms. The summed E-state index contributed by atoms with van der Waals surface area (Å²) in [5, 5.41) is 23.8. The van der Waals surface area contributed by atoms with E-state index >= 15 is 0 Å². The molecule has 0 saturated carbocycles. The molecule has 8 heterocycles. The molecule has 5 atom stereocenters. The van der Waals surface area contributed by atoms with Gasteiger partial charge in [0.15, 0.2) is 28.3 Å². The standard InChI is InChI=1S/C22H26O5.C22H24O5.C20H22O5.CH4.Ce.3ClH.7H2O/c2*1-6-7-13-10-15(23)26-21-16(13)20-14(8-9-22(4,5)27-20)19-17(21)18(24)11(2)12(3)25-19;1-5-7-11-10-14(22)24-19-15(11)18-12(8-9-20(3,4)25-18)17(23)16(19)13(21)6-2;;;;;;;;;;;;/h8-12,18,24H,6-7H2,1-5H3;8-12H,6-7H2,1-5H3;8-10,23H,5-7H2,1-4H3;1H4;;3*1H;7*1H2/q;;;;+3;;;;;;;;;;/p-3/t11-,12-,18+;11-,12-;;;;;;;;;;;;;/m11............./s1. The molecule has 26 heteroatoms. The van der Waals surface area contributed by atoms with Crippen LogP contribution in [0.3, 0.4) is 0 Å². The van der Waals surface area contributed by atoms with E-state index in [1.54, 1.807) is 13.0 Å². The summed E-state index contributed by atoms with van der Waals surface area (Å²) in [5.41, 5.74) is 18.3. The summed E-state index contributed by atoms with van der Waals surface area (Å²) in [4.78, 5) is 62.1. The van der Waals surface area contributed by atoms with Gasteiger partial charge in [-0.3, -0.25) is 9.59 Å². The molecule has 0 spiro atoms. The number of aliphatic hydroxyl groups excluding tert-OH is 1. The third kappa shape index (κ3) is 17.3. The molecule has 5 aliphatic heterocycles. The van der Waals surface area contributed by atoms with E-state index in [4.69, 9.17) is 53.8 Å². The van der Waals surface area contributed by atoms with E-state index in [-0.39, 0.29) is 110 Å². The van der Waals surface area contributed by atoms with Gasteiger partial charge in [0, 0.05) is 30.5 Å². The maximum absolute atomic E-state index is 13.1. The minimum absolute atomic E-state index is 0. The van der Waals surface area contributed by atoms with E-state index in [1.165, 1.54) is 18.2 Å². The van der Waals surface area contributed by atoms with E-state index in [2.05, 4.69) is 6.92 Å². The Bertz CT molecular complexity index is 3860. The first-order chi connectivity index (χ1) is 39.0. The number of fused-ring (bicyclic) bond motifs is 15. The Balaban J connectivity index is 0.00000124. The number of Topliss-reactive ketones (excluding diaryl/α,β-unsaturated/α-hetero) is 2. The minimum atomic E-state index is -2.24. The fourth-order valence-electron chi connectivity index (χ4n) is 11.0. The Hall–Kier alpha value is -5.42. The fraction of sp³-hybridized carbons (Fsp3) is 0.462. The van der Waals surface area contributed by atoms with Crippen LogP contribution in [-0.4, -0.2) is 89.1 Å².